The Labute approximate surface area is 181 Å². The van der Waals surface area contributed by atoms with Gasteiger partial charge in [-0.1, -0.05) is 12.1 Å². The highest BCUT2D eigenvalue weighted by Crippen LogP contribution is 2.36. The number of carbonyl (C=O) groups excluding carboxylic acids is 3. The number of ether oxygens (including phenoxy) is 1. The quantitative estimate of drug-likeness (QED) is 0.752. The highest BCUT2D eigenvalue weighted by Gasteiger charge is 2.42. The van der Waals surface area contributed by atoms with E-state index in [9.17, 15) is 14.4 Å². The van der Waals surface area contributed by atoms with Gasteiger partial charge in [-0.25, -0.2) is 4.90 Å². The molecule has 0 bridgehead atoms. The number of likely N-dealkylation sites (tertiary alicyclic amines) is 1. The van der Waals surface area contributed by atoms with Crippen LogP contribution in [0.15, 0.2) is 54.2 Å². The highest BCUT2D eigenvalue weighted by atomic mass is 16.5. The van der Waals surface area contributed by atoms with Gasteiger partial charge in [-0.05, 0) is 61.2 Å². The predicted molar refractivity (Wildman–Crippen MR) is 119 cm³/mol. The molecule has 7 heteroatoms. The summed E-state index contributed by atoms with van der Waals surface area (Å²) in [5.74, 6) is -0.166. The van der Waals surface area contributed by atoms with Gasteiger partial charge in [0.15, 0.2) is 0 Å². The van der Waals surface area contributed by atoms with Crippen LogP contribution in [0.25, 0.3) is 5.57 Å². The van der Waals surface area contributed by atoms with Gasteiger partial charge >= 0.3 is 0 Å². The lowest BCUT2D eigenvalue weighted by molar-refractivity contribution is -0.121. The molecule has 2 aliphatic rings. The molecule has 160 valence electrons. The molecule has 0 radical (unpaired) electrons. The maximum atomic E-state index is 13.5. The van der Waals surface area contributed by atoms with E-state index in [1.165, 1.54) is 11.8 Å². The Kier molecular flexibility index (Phi) is 5.75. The van der Waals surface area contributed by atoms with Crippen LogP contribution in [-0.2, 0) is 14.4 Å². The molecule has 4 rings (SSSR count). The van der Waals surface area contributed by atoms with Crippen LogP contribution in [0.3, 0.4) is 0 Å². The van der Waals surface area contributed by atoms with Crippen molar-refractivity contribution < 1.29 is 19.1 Å². The average molecular weight is 419 g/mol. The smallest absolute Gasteiger partial charge is 0.282 e. The maximum Gasteiger partial charge on any atom is 0.282 e. The number of hydrogen-bond acceptors (Lipinski definition) is 5. The van der Waals surface area contributed by atoms with E-state index in [1.807, 2.05) is 4.90 Å². The molecule has 1 saturated heterocycles. The lowest BCUT2D eigenvalue weighted by Crippen LogP contribution is -2.37. The molecule has 0 spiro atoms. The molecular formula is C24H25N3O4. The SMILES string of the molecule is COc1ccc(N2C(=O)C(c3ccc(NC(C)=O)cc3)=C(N3CCCCC3)C2=O)cc1. The fourth-order valence-electron chi connectivity index (χ4n) is 4.08. The Morgan fingerprint density at radius 2 is 1.55 bits per heavy atom. The molecule has 0 unspecified atom stereocenters. The number of benzene rings is 2. The minimum atomic E-state index is -0.344. The van der Waals surface area contributed by atoms with Crippen LogP contribution >= 0.6 is 0 Å². The van der Waals surface area contributed by atoms with Gasteiger partial charge < -0.3 is 15.0 Å². The number of carbonyl (C=O) groups is 3. The summed E-state index contributed by atoms with van der Waals surface area (Å²) in [7, 11) is 1.57. The highest BCUT2D eigenvalue weighted by molar-refractivity contribution is 6.45. The van der Waals surface area contributed by atoms with Crippen molar-refractivity contribution in [2.24, 2.45) is 0 Å². The number of methoxy groups -OCH3 is 1. The van der Waals surface area contributed by atoms with Crippen molar-refractivity contribution in [3.05, 3.63) is 59.8 Å². The second kappa shape index (κ2) is 8.63. The summed E-state index contributed by atoms with van der Waals surface area (Å²) in [6.45, 7) is 2.94. The third-order valence-corrected chi connectivity index (χ3v) is 5.56. The van der Waals surface area contributed by atoms with Gasteiger partial charge in [-0.15, -0.1) is 0 Å². The van der Waals surface area contributed by atoms with E-state index in [4.69, 9.17) is 4.74 Å². The van der Waals surface area contributed by atoms with Gasteiger partial charge in [0.2, 0.25) is 5.91 Å². The Morgan fingerprint density at radius 1 is 0.903 bits per heavy atom. The first-order valence-electron chi connectivity index (χ1n) is 10.4. The molecule has 0 aliphatic carbocycles. The van der Waals surface area contributed by atoms with Crippen LogP contribution in [0, 0.1) is 0 Å². The van der Waals surface area contributed by atoms with Gasteiger partial charge in [0, 0.05) is 25.7 Å². The lowest BCUT2D eigenvalue weighted by Gasteiger charge is -2.29. The zero-order valence-electron chi connectivity index (χ0n) is 17.7. The first-order valence-corrected chi connectivity index (χ1v) is 10.4. The third-order valence-electron chi connectivity index (χ3n) is 5.56. The Morgan fingerprint density at radius 3 is 2.13 bits per heavy atom. The summed E-state index contributed by atoms with van der Waals surface area (Å²) in [6.07, 6.45) is 3.10. The summed E-state index contributed by atoms with van der Waals surface area (Å²) in [5.41, 5.74) is 2.66. The van der Waals surface area contributed by atoms with Gasteiger partial charge in [0.25, 0.3) is 11.8 Å². The normalized spacial score (nSPS) is 16.7. The summed E-state index contributed by atoms with van der Waals surface area (Å²) >= 11 is 0. The summed E-state index contributed by atoms with van der Waals surface area (Å²) in [5, 5.41) is 2.72. The standard InChI is InChI=1S/C24H25N3O4/c1-16(28)25-18-8-6-17(7-9-18)21-22(26-14-4-3-5-15-26)24(30)27(23(21)29)19-10-12-20(31-2)13-11-19/h6-13H,3-5,14-15H2,1-2H3,(H,25,28). The van der Waals surface area contributed by atoms with Crippen LogP contribution < -0.4 is 15.0 Å². The molecule has 2 aromatic carbocycles. The molecule has 1 fully saturated rings. The van der Waals surface area contributed by atoms with Crippen molar-refractivity contribution in [3.8, 4) is 5.75 Å². The number of rotatable bonds is 5. The Hall–Kier alpha value is -3.61. The second-order valence-corrected chi connectivity index (χ2v) is 7.67. The zero-order chi connectivity index (χ0) is 22.0. The minimum Gasteiger partial charge on any atom is -0.497 e. The average Bonchev–Trinajstić information content (AvgIpc) is 3.04. The largest absolute Gasteiger partial charge is 0.497 e. The zero-order valence-corrected chi connectivity index (χ0v) is 17.7. The second-order valence-electron chi connectivity index (χ2n) is 7.67. The van der Waals surface area contributed by atoms with E-state index in [2.05, 4.69) is 5.32 Å². The molecular weight excluding hydrogens is 394 g/mol. The third kappa shape index (κ3) is 4.03. The monoisotopic (exact) mass is 419 g/mol. The van der Waals surface area contributed by atoms with Crippen LogP contribution in [0.5, 0.6) is 5.75 Å². The molecule has 2 heterocycles. The Balaban J connectivity index is 1.75. The van der Waals surface area contributed by atoms with Crippen molar-refractivity contribution >= 4 is 34.7 Å². The van der Waals surface area contributed by atoms with E-state index in [0.717, 1.165) is 32.4 Å². The van der Waals surface area contributed by atoms with Crippen molar-refractivity contribution in [1.29, 1.82) is 0 Å². The summed E-state index contributed by atoms with van der Waals surface area (Å²) in [6, 6.07) is 13.9. The molecule has 0 aromatic heterocycles. The molecule has 2 aliphatic heterocycles. The Bertz CT molecular complexity index is 1040. The van der Waals surface area contributed by atoms with E-state index in [1.54, 1.807) is 55.6 Å². The van der Waals surface area contributed by atoms with Crippen LogP contribution in [-0.4, -0.2) is 42.8 Å². The van der Waals surface area contributed by atoms with Gasteiger partial charge in [-0.3, -0.25) is 14.4 Å². The molecule has 2 aromatic rings. The molecule has 0 atom stereocenters. The fourth-order valence-corrected chi connectivity index (χ4v) is 4.08. The number of hydrogen-bond donors (Lipinski definition) is 1. The van der Waals surface area contributed by atoms with Crippen LogP contribution in [0.2, 0.25) is 0 Å². The lowest BCUT2D eigenvalue weighted by atomic mass is 10.0. The molecule has 31 heavy (non-hydrogen) atoms. The van der Waals surface area contributed by atoms with Gasteiger partial charge in [-0.2, -0.15) is 0 Å². The van der Waals surface area contributed by atoms with Crippen molar-refractivity contribution in [3.63, 3.8) is 0 Å². The predicted octanol–water partition coefficient (Wildman–Crippen LogP) is 3.42. The number of nitrogens with one attached hydrogen (secondary N) is 1. The van der Waals surface area contributed by atoms with Gasteiger partial charge in [0.05, 0.1) is 18.4 Å². The van der Waals surface area contributed by atoms with Crippen molar-refractivity contribution in [1.82, 2.24) is 4.90 Å². The van der Waals surface area contributed by atoms with Crippen molar-refractivity contribution in [2.75, 3.05) is 30.4 Å². The molecule has 3 amide bonds. The number of nitrogens with zero attached hydrogens (tertiary/aromatic N) is 2. The topological polar surface area (TPSA) is 79.0 Å². The van der Waals surface area contributed by atoms with E-state index in [-0.39, 0.29) is 17.7 Å². The van der Waals surface area contributed by atoms with E-state index < -0.39 is 0 Å². The maximum absolute atomic E-state index is 13.5. The molecule has 7 nitrogen and oxygen atoms in total. The number of amides is 3. The first kappa shape index (κ1) is 20.7. The summed E-state index contributed by atoms with van der Waals surface area (Å²) in [4.78, 5) is 41.6. The first-order chi connectivity index (χ1) is 15.0. The number of piperidine rings is 1. The van der Waals surface area contributed by atoms with E-state index in [0.29, 0.717) is 34.0 Å². The van der Waals surface area contributed by atoms with Crippen LogP contribution in [0.1, 0.15) is 31.7 Å². The van der Waals surface area contributed by atoms with Gasteiger partial charge in [0.1, 0.15) is 11.4 Å². The minimum absolute atomic E-state index is 0.168. The van der Waals surface area contributed by atoms with Crippen molar-refractivity contribution in [2.45, 2.75) is 26.2 Å². The number of imide groups is 1. The van der Waals surface area contributed by atoms with E-state index >= 15 is 0 Å². The molecule has 1 N–H and O–H groups in total. The van der Waals surface area contributed by atoms with Crippen LogP contribution in [0.4, 0.5) is 11.4 Å². The number of anilines is 2. The molecule has 0 saturated carbocycles. The fraction of sp³-hybridized carbons (Fsp3) is 0.292. The summed E-state index contributed by atoms with van der Waals surface area (Å²) < 4.78 is 5.19.